The largest absolute Gasteiger partial charge is 0.346 e. The maximum Gasteiger partial charge on any atom is 0.251 e. The molecular formula is C27H37N3O3S. The maximum absolute atomic E-state index is 12.8. The van der Waals surface area contributed by atoms with Crippen molar-refractivity contribution in [1.29, 1.82) is 0 Å². The molecule has 1 saturated carbocycles. The van der Waals surface area contributed by atoms with E-state index in [-0.39, 0.29) is 23.1 Å². The lowest BCUT2D eigenvalue weighted by molar-refractivity contribution is 0.0950. The normalized spacial score (nSPS) is 23.0. The summed E-state index contributed by atoms with van der Waals surface area (Å²) in [7, 11) is -3.27. The Balaban J connectivity index is 1.38. The lowest BCUT2D eigenvalue weighted by atomic mass is 9.82. The third-order valence-electron chi connectivity index (χ3n) is 7.56. The molecule has 1 aromatic carbocycles. The molecule has 0 saturated heterocycles. The van der Waals surface area contributed by atoms with E-state index in [2.05, 4.69) is 35.1 Å². The summed E-state index contributed by atoms with van der Waals surface area (Å²) in [6.45, 7) is 8.54. The molecule has 1 fully saturated rings. The number of nitrogens with one attached hydrogen (secondary N) is 1. The van der Waals surface area contributed by atoms with Crippen molar-refractivity contribution >= 4 is 15.7 Å². The Morgan fingerprint density at radius 2 is 1.88 bits per heavy atom. The van der Waals surface area contributed by atoms with Crippen molar-refractivity contribution < 1.29 is 13.2 Å². The van der Waals surface area contributed by atoms with Crippen LogP contribution in [0, 0.1) is 11.8 Å². The predicted molar refractivity (Wildman–Crippen MR) is 134 cm³/mol. The summed E-state index contributed by atoms with van der Waals surface area (Å²) in [6.07, 6.45) is 7.80. The number of hydrogen-bond acceptors (Lipinski definition) is 5. The van der Waals surface area contributed by atoms with Gasteiger partial charge < -0.3 is 5.32 Å². The van der Waals surface area contributed by atoms with Gasteiger partial charge >= 0.3 is 0 Å². The first-order valence-electron chi connectivity index (χ1n) is 12.6. The minimum atomic E-state index is -3.27. The number of pyridine rings is 1. The molecule has 2 heterocycles. The standard InChI is InChI=1S/C27H37N3O3S/c1-4-26-25-13-10-21(14-22(25)18-30(26)17-20-8-6-19(3)7-9-20)27(31)29-15-23-11-12-24(16-28-23)34(32,33)5-2/h10-14,16,19-20,26H,4-9,15,17-18H2,1-3H3,(H,29,31)/t19?,20?,26-/m0/s1. The van der Waals surface area contributed by atoms with Crippen molar-refractivity contribution in [2.75, 3.05) is 12.3 Å². The molecule has 34 heavy (non-hydrogen) atoms. The van der Waals surface area contributed by atoms with Gasteiger partial charge in [-0.3, -0.25) is 14.7 Å². The molecule has 2 aromatic rings. The van der Waals surface area contributed by atoms with Gasteiger partial charge in [-0.25, -0.2) is 8.42 Å². The number of benzene rings is 1. The summed E-state index contributed by atoms with van der Waals surface area (Å²) >= 11 is 0. The molecule has 0 bridgehead atoms. The van der Waals surface area contributed by atoms with Crippen molar-refractivity contribution in [1.82, 2.24) is 15.2 Å². The topological polar surface area (TPSA) is 79.4 Å². The van der Waals surface area contributed by atoms with Crippen molar-refractivity contribution in [3.05, 3.63) is 58.9 Å². The van der Waals surface area contributed by atoms with Gasteiger partial charge in [-0.05, 0) is 66.5 Å². The van der Waals surface area contributed by atoms with Crippen LogP contribution in [0.15, 0.2) is 41.4 Å². The molecule has 7 heteroatoms. The van der Waals surface area contributed by atoms with Gasteiger partial charge in [0.25, 0.3) is 5.91 Å². The van der Waals surface area contributed by atoms with Crippen LogP contribution in [-0.2, 0) is 22.9 Å². The minimum Gasteiger partial charge on any atom is -0.346 e. The van der Waals surface area contributed by atoms with Gasteiger partial charge in [0.15, 0.2) is 9.84 Å². The van der Waals surface area contributed by atoms with Gasteiger partial charge in [-0.2, -0.15) is 0 Å². The van der Waals surface area contributed by atoms with Gasteiger partial charge in [-0.1, -0.05) is 39.7 Å². The smallest absolute Gasteiger partial charge is 0.251 e. The number of amides is 1. The average Bonchev–Trinajstić information content (AvgIpc) is 3.20. The van der Waals surface area contributed by atoms with Gasteiger partial charge in [0.05, 0.1) is 22.9 Å². The molecule has 1 atom stereocenters. The van der Waals surface area contributed by atoms with Crippen LogP contribution in [0.2, 0.25) is 0 Å². The Kier molecular flexibility index (Phi) is 7.73. The summed E-state index contributed by atoms with van der Waals surface area (Å²) in [5.74, 6) is 1.56. The summed E-state index contributed by atoms with van der Waals surface area (Å²) in [4.78, 5) is 19.9. The van der Waals surface area contributed by atoms with Gasteiger partial charge in [0.1, 0.15) is 0 Å². The number of carbonyl (C=O) groups excluding carboxylic acids is 1. The molecule has 1 N–H and O–H groups in total. The molecule has 6 nitrogen and oxygen atoms in total. The number of nitrogens with zero attached hydrogens (tertiary/aromatic N) is 2. The van der Waals surface area contributed by atoms with E-state index in [1.54, 1.807) is 19.1 Å². The molecular weight excluding hydrogens is 446 g/mol. The van der Waals surface area contributed by atoms with Crippen LogP contribution < -0.4 is 5.32 Å². The Hall–Kier alpha value is -2.25. The van der Waals surface area contributed by atoms with Crippen molar-refractivity contribution in [3.63, 3.8) is 0 Å². The van der Waals surface area contributed by atoms with E-state index in [0.717, 1.165) is 31.3 Å². The van der Waals surface area contributed by atoms with Gasteiger partial charge in [0.2, 0.25) is 0 Å². The highest BCUT2D eigenvalue weighted by atomic mass is 32.2. The number of carbonyl (C=O) groups is 1. The fourth-order valence-corrected chi connectivity index (χ4v) is 6.21. The lowest BCUT2D eigenvalue weighted by Crippen LogP contribution is -2.30. The molecule has 0 radical (unpaired) electrons. The van der Waals surface area contributed by atoms with E-state index in [1.807, 2.05) is 12.1 Å². The summed E-state index contributed by atoms with van der Waals surface area (Å²) < 4.78 is 23.9. The first-order valence-corrected chi connectivity index (χ1v) is 14.3. The molecule has 1 aromatic heterocycles. The van der Waals surface area contributed by atoms with Crippen molar-refractivity contribution in [2.24, 2.45) is 11.8 Å². The maximum atomic E-state index is 12.8. The number of rotatable bonds is 8. The zero-order valence-corrected chi connectivity index (χ0v) is 21.4. The number of fused-ring (bicyclic) bond motifs is 1. The Bertz CT molecular complexity index is 1110. The molecule has 1 aliphatic carbocycles. The van der Waals surface area contributed by atoms with Gasteiger partial charge in [0, 0.05) is 30.9 Å². The first-order chi connectivity index (χ1) is 16.3. The third-order valence-corrected chi connectivity index (χ3v) is 9.28. The fourth-order valence-electron chi connectivity index (χ4n) is 5.39. The molecule has 1 amide bonds. The van der Waals surface area contributed by atoms with Crippen LogP contribution in [0.25, 0.3) is 0 Å². The van der Waals surface area contributed by atoms with E-state index in [4.69, 9.17) is 0 Å². The molecule has 4 rings (SSSR count). The monoisotopic (exact) mass is 483 g/mol. The van der Waals surface area contributed by atoms with Crippen LogP contribution in [-0.4, -0.2) is 36.5 Å². The van der Waals surface area contributed by atoms with Crippen LogP contribution in [0.3, 0.4) is 0 Å². The van der Waals surface area contributed by atoms with Crippen LogP contribution in [0.4, 0.5) is 0 Å². The number of aromatic nitrogens is 1. The highest BCUT2D eigenvalue weighted by Crippen LogP contribution is 2.39. The van der Waals surface area contributed by atoms with Crippen molar-refractivity contribution in [2.45, 2.75) is 76.9 Å². The van der Waals surface area contributed by atoms with E-state index >= 15 is 0 Å². The number of sulfone groups is 1. The second kappa shape index (κ2) is 10.6. The zero-order chi connectivity index (χ0) is 24.3. The summed E-state index contributed by atoms with van der Waals surface area (Å²) in [5.41, 5.74) is 3.91. The molecule has 0 spiro atoms. The van der Waals surface area contributed by atoms with Crippen molar-refractivity contribution in [3.8, 4) is 0 Å². The fraction of sp³-hybridized carbons (Fsp3) is 0.556. The highest BCUT2D eigenvalue weighted by molar-refractivity contribution is 7.91. The Morgan fingerprint density at radius 1 is 1.12 bits per heavy atom. The lowest BCUT2D eigenvalue weighted by Gasteiger charge is -2.32. The first kappa shape index (κ1) is 24.9. The van der Waals surface area contributed by atoms with Crippen LogP contribution in [0.5, 0.6) is 0 Å². The molecule has 184 valence electrons. The van der Waals surface area contributed by atoms with E-state index in [1.165, 1.54) is 43.0 Å². The van der Waals surface area contributed by atoms with E-state index < -0.39 is 9.84 Å². The highest BCUT2D eigenvalue weighted by Gasteiger charge is 2.31. The summed E-state index contributed by atoms with van der Waals surface area (Å²) in [6, 6.07) is 9.74. The number of hydrogen-bond donors (Lipinski definition) is 1. The SMILES string of the molecule is CC[C@H]1c2ccc(C(=O)NCc3ccc(S(=O)(=O)CC)cn3)cc2CN1CC1CCC(C)CC1. The van der Waals surface area contributed by atoms with E-state index in [0.29, 0.717) is 17.3 Å². The van der Waals surface area contributed by atoms with Gasteiger partial charge in [-0.15, -0.1) is 0 Å². The molecule has 0 unspecified atom stereocenters. The van der Waals surface area contributed by atoms with E-state index in [9.17, 15) is 13.2 Å². The summed E-state index contributed by atoms with van der Waals surface area (Å²) in [5, 5.41) is 2.92. The zero-order valence-electron chi connectivity index (χ0n) is 20.6. The minimum absolute atomic E-state index is 0.0409. The second-order valence-corrected chi connectivity index (χ2v) is 12.2. The molecule has 1 aliphatic heterocycles. The quantitative estimate of drug-likeness (QED) is 0.578. The van der Waals surface area contributed by atoms with Crippen LogP contribution >= 0.6 is 0 Å². The van der Waals surface area contributed by atoms with Crippen LogP contribution in [0.1, 0.15) is 86.1 Å². The molecule has 2 aliphatic rings. The second-order valence-electron chi connectivity index (χ2n) is 9.96. The average molecular weight is 484 g/mol. The predicted octanol–water partition coefficient (Wildman–Crippen LogP) is 4.90. The Labute approximate surface area is 204 Å². The third kappa shape index (κ3) is 5.52. The Morgan fingerprint density at radius 3 is 2.53 bits per heavy atom.